The smallest absolute Gasteiger partial charge is 0.399 e. The molecule has 0 bridgehead atoms. The van der Waals surface area contributed by atoms with Crippen molar-refractivity contribution in [2.75, 3.05) is 0 Å². The summed E-state index contributed by atoms with van der Waals surface area (Å²) in [6.07, 6.45) is -4.20. The zero-order valence-electron chi connectivity index (χ0n) is 6.77. The van der Waals surface area contributed by atoms with Crippen LogP contribution in [-0.4, -0.2) is 11.3 Å². The zero-order chi connectivity index (χ0) is 11.6. The Morgan fingerprint density at radius 2 is 2.07 bits per heavy atom. The van der Waals surface area contributed by atoms with Gasteiger partial charge in [0.2, 0.25) is 5.75 Å². The number of hydrogen-bond donors (Lipinski definition) is 0. The Balaban J connectivity index is 3.26. The number of halogens is 5. The lowest BCUT2D eigenvalue weighted by Gasteiger charge is -2.10. The van der Waals surface area contributed by atoms with Gasteiger partial charge in [0.1, 0.15) is 6.07 Å². The largest absolute Gasteiger partial charge is 0.573 e. The standard InChI is InChI=1S/C7HBrF4N2O/c8-3-2-14-4(1-13)6(5(3)9)15-7(10,11)12/h2H. The monoisotopic (exact) mass is 284 g/mol. The maximum Gasteiger partial charge on any atom is 0.573 e. The average molecular weight is 285 g/mol. The van der Waals surface area contributed by atoms with Crippen LogP contribution in [0.4, 0.5) is 17.6 Å². The Bertz CT molecular complexity index is 426. The number of nitriles is 1. The van der Waals surface area contributed by atoms with Crippen LogP contribution < -0.4 is 4.74 Å². The lowest BCUT2D eigenvalue weighted by Crippen LogP contribution is -2.19. The first-order chi connectivity index (χ1) is 6.85. The predicted octanol–water partition coefficient (Wildman–Crippen LogP) is 2.75. The van der Waals surface area contributed by atoms with Crippen molar-refractivity contribution in [1.29, 1.82) is 5.26 Å². The Morgan fingerprint density at radius 1 is 1.47 bits per heavy atom. The Kier molecular flexibility index (Phi) is 3.14. The van der Waals surface area contributed by atoms with Crippen LogP contribution in [0.2, 0.25) is 0 Å². The first-order valence-corrected chi connectivity index (χ1v) is 4.14. The van der Waals surface area contributed by atoms with Gasteiger partial charge in [-0.2, -0.15) is 5.26 Å². The highest BCUT2D eigenvalue weighted by atomic mass is 79.9. The van der Waals surface area contributed by atoms with E-state index in [1.165, 1.54) is 6.07 Å². The van der Waals surface area contributed by atoms with Gasteiger partial charge in [0.15, 0.2) is 11.5 Å². The van der Waals surface area contributed by atoms with Crippen molar-refractivity contribution in [1.82, 2.24) is 4.98 Å². The first kappa shape index (κ1) is 11.7. The van der Waals surface area contributed by atoms with Gasteiger partial charge in [-0.1, -0.05) is 0 Å². The fourth-order valence-electron chi connectivity index (χ4n) is 0.737. The molecule has 0 aliphatic heterocycles. The molecular weight excluding hydrogens is 284 g/mol. The summed E-state index contributed by atoms with van der Waals surface area (Å²) in [5.74, 6) is -2.56. The van der Waals surface area contributed by atoms with Gasteiger partial charge in [-0.15, -0.1) is 13.2 Å². The Labute approximate surface area is 89.4 Å². The van der Waals surface area contributed by atoms with Crippen molar-refractivity contribution in [3.8, 4) is 11.8 Å². The molecule has 0 saturated heterocycles. The minimum Gasteiger partial charge on any atom is -0.399 e. The third kappa shape index (κ3) is 2.79. The van der Waals surface area contributed by atoms with E-state index in [-0.39, 0.29) is 4.47 Å². The van der Waals surface area contributed by atoms with Crippen LogP contribution in [0.25, 0.3) is 0 Å². The lowest BCUT2D eigenvalue weighted by molar-refractivity contribution is -0.275. The van der Waals surface area contributed by atoms with Gasteiger partial charge < -0.3 is 4.74 Å². The molecule has 0 saturated carbocycles. The molecule has 1 heterocycles. The summed E-state index contributed by atoms with van der Waals surface area (Å²) in [4.78, 5) is 3.27. The molecule has 0 aliphatic carbocycles. The van der Waals surface area contributed by atoms with Gasteiger partial charge in [-0.05, 0) is 15.9 Å². The normalized spacial score (nSPS) is 10.9. The summed E-state index contributed by atoms with van der Waals surface area (Å²) in [6.45, 7) is 0. The number of ether oxygens (including phenoxy) is 1. The van der Waals surface area contributed by atoms with E-state index in [4.69, 9.17) is 5.26 Å². The fraction of sp³-hybridized carbons (Fsp3) is 0.143. The van der Waals surface area contributed by atoms with Crippen molar-refractivity contribution in [2.24, 2.45) is 0 Å². The molecule has 8 heteroatoms. The van der Waals surface area contributed by atoms with Crippen LogP contribution in [0.3, 0.4) is 0 Å². The summed E-state index contributed by atoms with van der Waals surface area (Å²) in [7, 11) is 0. The Hall–Kier alpha value is -1.36. The molecule has 0 fully saturated rings. The van der Waals surface area contributed by atoms with E-state index in [9.17, 15) is 17.6 Å². The van der Waals surface area contributed by atoms with Crippen molar-refractivity contribution >= 4 is 15.9 Å². The topological polar surface area (TPSA) is 45.9 Å². The molecule has 15 heavy (non-hydrogen) atoms. The van der Waals surface area contributed by atoms with E-state index < -0.39 is 23.6 Å². The van der Waals surface area contributed by atoms with Crippen molar-refractivity contribution in [3.05, 3.63) is 22.2 Å². The third-order valence-electron chi connectivity index (χ3n) is 1.25. The molecule has 0 aliphatic rings. The van der Waals surface area contributed by atoms with E-state index in [0.717, 1.165) is 6.20 Å². The van der Waals surface area contributed by atoms with Crippen molar-refractivity contribution in [3.63, 3.8) is 0 Å². The molecular formula is C7HBrF4N2O. The summed E-state index contributed by atoms with van der Waals surface area (Å²) >= 11 is 2.62. The van der Waals surface area contributed by atoms with Gasteiger partial charge in [0, 0.05) is 6.20 Å². The lowest BCUT2D eigenvalue weighted by atomic mass is 10.3. The summed E-state index contributed by atoms with van der Waals surface area (Å²) in [6, 6.07) is 1.29. The number of rotatable bonds is 1. The number of nitrogens with zero attached hydrogens (tertiary/aromatic N) is 2. The molecule has 0 atom stereocenters. The Morgan fingerprint density at radius 3 is 2.53 bits per heavy atom. The van der Waals surface area contributed by atoms with Crippen LogP contribution in [0.1, 0.15) is 5.69 Å². The van der Waals surface area contributed by atoms with E-state index in [1.807, 2.05) is 0 Å². The highest BCUT2D eigenvalue weighted by Gasteiger charge is 2.34. The maximum absolute atomic E-state index is 13.1. The van der Waals surface area contributed by atoms with Crippen LogP contribution in [-0.2, 0) is 0 Å². The van der Waals surface area contributed by atoms with Gasteiger partial charge in [-0.25, -0.2) is 9.37 Å². The highest BCUT2D eigenvalue weighted by Crippen LogP contribution is 2.31. The number of alkyl halides is 3. The molecule has 3 nitrogen and oxygen atoms in total. The van der Waals surface area contributed by atoms with E-state index in [1.54, 1.807) is 0 Å². The van der Waals surface area contributed by atoms with Crippen LogP contribution in [0.15, 0.2) is 10.7 Å². The van der Waals surface area contributed by atoms with Crippen molar-refractivity contribution < 1.29 is 22.3 Å². The molecule has 0 aromatic carbocycles. The molecule has 0 N–H and O–H groups in total. The van der Waals surface area contributed by atoms with Gasteiger partial charge >= 0.3 is 6.36 Å². The molecule has 1 rings (SSSR count). The SMILES string of the molecule is N#Cc1ncc(Br)c(F)c1OC(F)(F)F. The van der Waals surface area contributed by atoms with E-state index in [0.29, 0.717) is 0 Å². The molecule has 0 amide bonds. The predicted molar refractivity (Wildman–Crippen MR) is 43.3 cm³/mol. The molecule has 1 aromatic rings. The minimum absolute atomic E-state index is 0.319. The molecule has 0 spiro atoms. The van der Waals surface area contributed by atoms with E-state index >= 15 is 0 Å². The van der Waals surface area contributed by atoms with E-state index in [2.05, 4.69) is 25.7 Å². The third-order valence-corrected chi connectivity index (χ3v) is 1.81. The summed E-state index contributed by atoms with van der Waals surface area (Å²) in [5.41, 5.74) is -0.770. The van der Waals surface area contributed by atoms with Crippen LogP contribution in [0.5, 0.6) is 5.75 Å². The maximum atomic E-state index is 13.1. The van der Waals surface area contributed by atoms with Crippen LogP contribution in [0, 0.1) is 17.1 Å². The first-order valence-electron chi connectivity index (χ1n) is 3.35. The highest BCUT2D eigenvalue weighted by molar-refractivity contribution is 9.10. The second-order valence-corrected chi connectivity index (χ2v) is 3.11. The van der Waals surface area contributed by atoms with Crippen LogP contribution >= 0.6 is 15.9 Å². The summed E-state index contributed by atoms with van der Waals surface area (Å²) in [5, 5.41) is 8.39. The second-order valence-electron chi connectivity index (χ2n) is 2.26. The number of pyridine rings is 1. The van der Waals surface area contributed by atoms with Crippen molar-refractivity contribution in [2.45, 2.75) is 6.36 Å². The van der Waals surface area contributed by atoms with Gasteiger partial charge in [0.05, 0.1) is 4.47 Å². The quantitative estimate of drug-likeness (QED) is 0.745. The number of hydrogen-bond acceptors (Lipinski definition) is 3. The zero-order valence-corrected chi connectivity index (χ0v) is 8.36. The van der Waals surface area contributed by atoms with Gasteiger partial charge in [0.25, 0.3) is 0 Å². The summed E-state index contributed by atoms with van der Waals surface area (Å²) < 4.78 is 51.6. The fourth-order valence-corrected chi connectivity index (χ4v) is 1.02. The number of aromatic nitrogens is 1. The molecule has 0 unspecified atom stereocenters. The average Bonchev–Trinajstić information content (AvgIpc) is 2.11. The van der Waals surface area contributed by atoms with Gasteiger partial charge in [-0.3, -0.25) is 0 Å². The second kappa shape index (κ2) is 4.02. The molecule has 0 radical (unpaired) electrons. The minimum atomic E-state index is -5.07. The molecule has 1 aromatic heterocycles. The molecule has 80 valence electrons.